The molecule has 2 N–H and O–H groups in total. The van der Waals surface area contributed by atoms with E-state index in [1.165, 1.54) is 14.7 Å². The van der Waals surface area contributed by atoms with Crippen LogP contribution >= 0.6 is 22.6 Å². The highest BCUT2D eigenvalue weighted by molar-refractivity contribution is 14.1. The highest BCUT2D eigenvalue weighted by Gasteiger charge is 2.11. The zero-order chi connectivity index (χ0) is 13.1. The third-order valence-electron chi connectivity index (χ3n) is 3.15. The largest absolute Gasteiger partial charge is 0.350 e. The van der Waals surface area contributed by atoms with Crippen molar-refractivity contribution in [1.82, 2.24) is 4.57 Å². The van der Waals surface area contributed by atoms with Gasteiger partial charge in [-0.05, 0) is 57.8 Å². The maximum absolute atomic E-state index is 6.15. The van der Waals surface area contributed by atoms with Gasteiger partial charge in [0.25, 0.3) is 0 Å². The van der Waals surface area contributed by atoms with Crippen LogP contribution < -0.4 is 5.73 Å². The summed E-state index contributed by atoms with van der Waals surface area (Å²) in [5, 5.41) is 0. The molecule has 0 aliphatic rings. The van der Waals surface area contributed by atoms with E-state index in [4.69, 9.17) is 5.73 Å². The second-order valence-electron chi connectivity index (χ2n) is 5.01. The molecule has 1 aromatic heterocycles. The lowest BCUT2D eigenvalue weighted by Gasteiger charge is -2.13. The fourth-order valence-corrected chi connectivity index (χ4v) is 2.30. The van der Waals surface area contributed by atoms with Crippen molar-refractivity contribution in [3.05, 3.63) is 57.4 Å². The maximum atomic E-state index is 6.15. The van der Waals surface area contributed by atoms with Crippen LogP contribution in [0.1, 0.15) is 31.0 Å². The quantitative estimate of drug-likeness (QED) is 0.832. The van der Waals surface area contributed by atoms with Gasteiger partial charge in [0, 0.05) is 28.6 Å². The molecular weight excluding hydrogens is 335 g/mol. The average Bonchev–Trinajstić information content (AvgIpc) is 2.79. The Balaban J connectivity index is 2.09. The molecule has 0 saturated heterocycles. The van der Waals surface area contributed by atoms with Crippen molar-refractivity contribution in [3.8, 4) is 0 Å². The van der Waals surface area contributed by atoms with Crippen LogP contribution in [-0.4, -0.2) is 4.57 Å². The van der Waals surface area contributed by atoms with Crippen LogP contribution in [0.4, 0.5) is 0 Å². The number of halogens is 1. The summed E-state index contributed by atoms with van der Waals surface area (Å²) in [6.07, 6.45) is 4.26. The molecule has 1 unspecified atom stereocenters. The number of nitrogens with zero attached hydrogens (tertiary/aromatic N) is 1. The van der Waals surface area contributed by atoms with E-state index in [0.717, 1.165) is 6.54 Å². The lowest BCUT2D eigenvalue weighted by atomic mass is 10.00. The van der Waals surface area contributed by atoms with Crippen LogP contribution in [0.15, 0.2) is 42.7 Å². The Morgan fingerprint density at radius 2 is 1.83 bits per heavy atom. The van der Waals surface area contributed by atoms with Gasteiger partial charge in [-0.3, -0.25) is 0 Å². The summed E-state index contributed by atoms with van der Waals surface area (Å²) in [6.45, 7) is 5.21. The van der Waals surface area contributed by atoms with Gasteiger partial charge >= 0.3 is 0 Å². The summed E-state index contributed by atoms with van der Waals surface area (Å²) >= 11 is 2.32. The minimum atomic E-state index is 0.128. The van der Waals surface area contributed by atoms with Gasteiger partial charge in [-0.1, -0.05) is 26.0 Å². The van der Waals surface area contributed by atoms with Crippen molar-refractivity contribution in [2.75, 3.05) is 0 Å². The summed E-state index contributed by atoms with van der Waals surface area (Å²) in [5.74, 6) is 0.471. The fourth-order valence-electron chi connectivity index (χ4n) is 1.94. The summed E-state index contributed by atoms with van der Waals surface area (Å²) in [4.78, 5) is 0. The van der Waals surface area contributed by atoms with Crippen LogP contribution in [0.2, 0.25) is 0 Å². The Morgan fingerprint density at radius 1 is 1.17 bits per heavy atom. The predicted molar refractivity (Wildman–Crippen MR) is 84.5 cm³/mol. The molecule has 0 bridgehead atoms. The smallest absolute Gasteiger partial charge is 0.0470 e. The standard InChI is InChI=1S/C15H19IN2/c1-11(2)15(17)13-7-8-18(10-13)9-12-3-5-14(16)6-4-12/h3-8,10-11,15H,9,17H2,1-2H3. The van der Waals surface area contributed by atoms with E-state index in [9.17, 15) is 0 Å². The van der Waals surface area contributed by atoms with Crippen LogP contribution in [0.5, 0.6) is 0 Å². The molecular formula is C15H19IN2. The summed E-state index contributed by atoms with van der Waals surface area (Å²) < 4.78 is 3.46. The Hall–Kier alpha value is -0.810. The van der Waals surface area contributed by atoms with Crippen LogP contribution in [0.25, 0.3) is 0 Å². The molecule has 1 atom stereocenters. The number of benzene rings is 1. The Morgan fingerprint density at radius 3 is 2.44 bits per heavy atom. The first-order valence-corrected chi connectivity index (χ1v) is 7.30. The van der Waals surface area contributed by atoms with Gasteiger partial charge in [0.2, 0.25) is 0 Å². The van der Waals surface area contributed by atoms with Crippen molar-refractivity contribution >= 4 is 22.6 Å². The Kier molecular flexibility index (Phi) is 4.45. The average molecular weight is 354 g/mol. The molecule has 0 saturated carbocycles. The molecule has 0 spiro atoms. The monoisotopic (exact) mass is 354 g/mol. The fraction of sp³-hybridized carbons (Fsp3) is 0.333. The third-order valence-corrected chi connectivity index (χ3v) is 3.87. The van der Waals surface area contributed by atoms with Gasteiger partial charge in [0.15, 0.2) is 0 Å². The molecule has 0 fully saturated rings. The molecule has 18 heavy (non-hydrogen) atoms. The first kappa shape index (κ1) is 13.6. The number of aromatic nitrogens is 1. The van der Waals surface area contributed by atoms with E-state index in [-0.39, 0.29) is 6.04 Å². The Bertz CT molecular complexity index is 499. The first-order valence-electron chi connectivity index (χ1n) is 6.22. The molecule has 2 rings (SSSR count). The van der Waals surface area contributed by atoms with E-state index < -0.39 is 0 Å². The van der Waals surface area contributed by atoms with Crippen molar-refractivity contribution in [2.24, 2.45) is 11.7 Å². The van der Waals surface area contributed by atoms with Crippen LogP contribution in [0, 0.1) is 9.49 Å². The SMILES string of the molecule is CC(C)C(N)c1ccn(Cc2ccc(I)cc2)c1. The lowest BCUT2D eigenvalue weighted by molar-refractivity contribution is 0.513. The second kappa shape index (κ2) is 5.89. The van der Waals surface area contributed by atoms with Gasteiger partial charge in [0.05, 0.1) is 0 Å². The van der Waals surface area contributed by atoms with Crippen LogP contribution in [-0.2, 0) is 6.54 Å². The van der Waals surface area contributed by atoms with Gasteiger partial charge in [-0.15, -0.1) is 0 Å². The normalized spacial score (nSPS) is 12.9. The molecule has 0 radical (unpaired) electrons. The molecule has 96 valence electrons. The van der Waals surface area contributed by atoms with Gasteiger partial charge < -0.3 is 10.3 Å². The highest BCUT2D eigenvalue weighted by atomic mass is 127. The van der Waals surface area contributed by atoms with E-state index in [1.807, 2.05) is 0 Å². The van der Waals surface area contributed by atoms with Crippen molar-refractivity contribution < 1.29 is 0 Å². The first-order chi connectivity index (χ1) is 8.56. The van der Waals surface area contributed by atoms with Gasteiger partial charge in [-0.2, -0.15) is 0 Å². The van der Waals surface area contributed by atoms with E-state index in [1.54, 1.807) is 0 Å². The lowest BCUT2D eigenvalue weighted by Crippen LogP contribution is -2.15. The highest BCUT2D eigenvalue weighted by Crippen LogP contribution is 2.19. The minimum absolute atomic E-state index is 0.128. The minimum Gasteiger partial charge on any atom is -0.350 e. The molecule has 0 amide bonds. The number of nitrogens with two attached hydrogens (primary N) is 1. The zero-order valence-corrected chi connectivity index (χ0v) is 13.0. The second-order valence-corrected chi connectivity index (χ2v) is 6.26. The molecule has 1 aromatic carbocycles. The van der Waals surface area contributed by atoms with E-state index in [0.29, 0.717) is 5.92 Å². The molecule has 2 nitrogen and oxygen atoms in total. The number of rotatable bonds is 4. The van der Waals surface area contributed by atoms with Gasteiger partial charge in [0.1, 0.15) is 0 Å². The Labute approximate surface area is 122 Å². The van der Waals surface area contributed by atoms with E-state index in [2.05, 4.69) is 83.7 Å². The number of hydrogen-bond acceptors (Lipinski definition) is 1. The predicted octanol–water partition coefficient (Wildman–Crippen LogP) is 3.80. The maximum Gasteiger partial charge on any atom is 0.0470 e. The number of hydrogen-bond donors (Lipinski definition) is 1. The summed E-state index contributed by atoms with van der Waals surface area (Å²) in [6, 6.07) is 10.9. The van der Waals surface area contributed by atoms with Gasteiger partial charge in [-0.25, -0.2) is 0 Å². The molecule has 3 heteroatoms. The van der Waals surface area contributed by atoms with Crippen molar-refractivity contribution in [1.29, 1.82) is 0 Å². The third kappa shape index (κ3) is 3.36. The molecule has 2 aromatic rings. The van der Waals surface area contributed by atoms with Crippen LogP contribution in [0.3, 0.4) is 0 Å². The summed E-state index contributed by atoms with van der Waals surface area (Å²) in [7, 11) is 0. The topological polar surface area (TPSA) is 30.9 Å². The van der Waals surface area contributed by atoms with Crippen molar-refractivity contribution in [3.63, 3.8) is 0 Å². The molecule has 1 heterocycles. The zero-order valence-electron chi connectivity index (χ0n) is 10.8. The molecule has 0 aliphatic carbocycles. The summed E-state index contributed by atoms with van der Waals surface area (Å²) in [5.41, 5.74) is 8.68. The van der Waals surface area contributed by atoms with E-state index >= 15 is 0 Å². The molecule has 0 aliphatic heterocycles. The van der Waals surface area contributed by atoms with Crippen molar-refractivity contribution in [2.45, 2.75) is 26.4 Å².